The molecule has 0 aromatic carbocycles. The van der Waals surface area contributed by atoms with Gasteiger partial charge in [-0.25, -0.2) is 4.98 Å². The van der Waals surface area contributed by atoms with Crippen molar-refractivity contribution in [3.63, 3.8) is 0 Å². The first kappa shape index (κ1) is 6.67. The molecule has 0 saturated heterocycles. The fraction of sp³-hybridized carbons (Fsp3) is 0. The minimum atomic E-state index is 0.154. The van der Waals surface area contributed by atoms with Crippen molar-refractivity contribution in [3.8, 4) is 5.88 Å². The van der Waals surface area contributed by atoms with Crippen molar-refractivity contribution in [3.05, 3.63) is 29.0 Å². The Labute approximate surface area is 71.4 Å². The molecule has 0 fully saturated rings. The van der Waals surface area contributed by atoms with E-state index in [1.807, 2.05) is 12.1 Å². The first-order valence-corrected chi connectivity index (χ1v) is 3.88. The summed E-state index contributed by atoms with van der Waals surface area (Å²) in [5, 5.41) is 9.22. The summed E-state index contributed by atoms with van der Waals surface area (Å²) < 4.78 is 2.52. The summed E-state index contributed by atoms with van der Waals surface area (Å²) in [6.45, 7) is 0. The van der Waals surface area contributed by atoms with Crippen LogP contribution < -0.4 is 0 Å². The largest absolute Gasteiger partial charge is 0.493 e. The van der Waals surface area contributed by atoms with Crippen LogP contribution in [0.2, 0.25) is 0 Å². The zero-order valence-corrected chi connectivity index (χ0v) is 7.12. The molecule has 2 aromatic heterocycles. The fourth-order valence-electron chi connectivity index (χ4n) is 0.942. The third-order valence-electron chi connectivity index (χ3n) is 1.45. The Hall–Kier alpha value is -1.03. The van der Waals surface area contributed by atoms with E-state index in [9.17, 15) is 5.11 Å². The van der Waals surface area contributed by atoms with Gasteiger partial charge in [0.15, 0.2) is 0 Å². The van der Waals surface area contributed by atoms with Crippen LogP contribution in [-0.2, 0) is 0 Å². The number of aromatic nitrogens is 2. The Morgan fingerprint density at radius 3 is 3.09 bits per heavy atom. The van der Waals surface area contributed by atoms with Crippen molar-refractivity contribution in [2.24, 2.45) is 0 Å². The van der Waals surface area contributed by atoms with Crippen LogP contribution in [0, 0.1) is 0 Å². The lowest BCUT2D eigenvalue weighted by atomic mass is 10.5. The minimum absolute atomic E-state index is 0.154. The molecule has 2 rings (SSSR count). The number of fused-ring (bicyclic) bond motifs is 1. The highest BCUT2D eigenvalue weighted by atomic mass is 79.9. The van der Waals surface area contributed by atoms with E-state index >= 15 is 0 Å². The summed E-state index contributed by atoms with van der Waals surface area (Å²) in [7, 11) is 0. The second-order valence-corrected chi connectivity index (χ2v) is 3.11. The van der Waals surface area contributed by atoms with Crippen molar-refractivity contribution in [2.75, 3.05) is 0 Å². The average Bonchev–Trinajstić information content (AvgIpc) is 2.33. The highest BCUT2D eigenvalue weighted by Crippen LogP contribution is 2.16. The number of hydrogen-bond donors (Lipinski definition) is 1. The zero-order valence-electron chi connectivity index (χ0n) is 5.53. The van der Waals surface area contributed by atoms with E-state index < -0.39 is 0 Å². The summed E-state index contributed by atoms with van der Waals surface area (Å²) in [5.74, 6) is 0.154. The number of nitrogens with zero attached hydrogens (tertiary/aromatic N) is 2. The molecule has 0 amide bonds. The molecule has 0 aliphatic heterocycles. The van der Waals surface area contributed by atoms with E-state index in [-0.39, 0.29) is 5.88 Å². The van der Waals surface area contributed by atoms with Gasteiger partial charge in [0.05, 0.1) is 6.20 Å². The van der Waals surface area contributed by atoms with Crippen LogP contribution in [0.1, 0.15) is 0 Å². The Kier molecular flexibility index (Phi) is 1.35. The molecule has 11 heavy (non-hydrogen) atoms. The molecule has 3 nitrogen and oxygen atoms in total. The summed E-state index contributed by atoms with van der Waals surface area (Å²) in [6, 6.07) is 3.70. The highest BCUT2D eigenvalue weighted by Gasteiger charge is 1.99. The first-order chi connectivity index (χ1) is 5.27. The van der Waals surface area contributed by atoms with Gasteiger partial charge in [0, 0.05) is 10.7 Å². The lowest BCUT2D eigenvalue weighted by Gasteiger charge is -1.94. The quantitative estimate of drug-likeness (QED) is 0.724. The molecule has 0 aliphatic rings. The monoisotopic (exact) mass is 212 g/mol. The van der Waals surface area contributed by atoms with Gasteiger partial charge in [-0.05, 0) is 28.1 Å². The van der Waals surface area contributed by atoms with Crippen LogP contribution in [0.25, 0.3) is 5.65 Å². The molecule has 4 heteroatoms. The topological polar surface area (TPSA) is 37.5 Å². The standard InChI is InChI=1S/C7H5BrN2O/c8-5-1-2-6-9-3-7(11)10(6)4-5/h1-4,11H. The van der Waals surface area contributed by atoms with Crippen LogP contribution >= 0.6 is 15.9 Å². The number of aromatic hydroxyl groups is 1. The lowest BCUT2D eigenvalue weighted by molar-refractivity contribution is 0.448. The van der Waals surface area contributed by atoms with Crippen molar-refractivity contribution < 1.29 is 5.11 Å². The summed E-state index contributed by atoms with van der Waals surface area (Å²) in [6.07, 6.45) is 3.18. The molecule has 0 spiro atoms. The van der Waals surface area contributed by atoms with Crippen LogP contribution in [0.3, 0.4) is 0 Å². The average molecular weight is 213 g/mol. The maximum absolute atomic E-state index is 9.22. The molecule has 0 aliphatic carbocycles. The van der Waals surface area contributed by atoms with Gasteiger partial charge in [-0.2, -0.15) is 0 Å². The van der Waals surface area contributed by atoms with Crippen molar-refractivity contribution in [2.45, 2.75) is 0 Å². The molecule has 0 saturated carbocycles. The summed E-state index contributed by atoms with van der Waals surface area (Å²) >= 11 is 3.29. The highest BCUT2D eigenvalue weighted by molar-refractivity contribution is 9.10. The SMILES string of the molecule is Oc1cnc2ccc(Br)cn12. The number of pyridine rings is 1. The van der Waals surface area contributed by atoms with E-state index in [1.54, 1.807) is 10.6 Å². The van der Waals surface area contributed by atoms with E-state index in [0.29, 0.717) is 0 Å². The van der Waals surface area contributed by atoms with Gasteiger partial charge < -0.3 is 5.11 Å². The van der Waals surface area contributed by atoms with Gasteiger partial charge >= 0.3 is 0 Å². The summed E-state index contributed by atoms with van der Waals surface area (Å²) in [4.78, 5) is 3.95. The van der Waals surface area contributed by atoms with Gasteiger partial charge in [-0.1, -0.05) is 0 Å². The lowest BCUT2D eigenvalue weighted by Crippen LogP contribution is -1.82. The van der Waals surface area contributed by atoms with Gasteiger partial charge in [0.25, 0.3) is 0 Å². The smallest absolute Gasteiger partial charge is 0.215 e. The summed E-state index contributed by atoms with van der Waals surface area (Å²) in [5.41, 5.74) is 0.741. The zero-order chi connectivity index (χ0) is 7.84. The van der Waals surface area contributed by atoms with E-state index in [4.69, 9.17) is 0 Å². The first-order valence-electron chi connectivity index (χ1n) is 3.09. The molecule has 0 bridgehead atoms. The number of halogens is 1. The molecular formula is C7H5BrN2O. The van der Waals surface area contributed by atoms with E-state index in [1.165, 1.54) is 6.20 Å². The molecule has 56 valence electrons. The molecule has 2 aromatic rings. The predicted molar refractivity (Wildman–Crippen MR) is 44.6 cm³/mol. The van der Waals surface area contributed by atoms with Crippen LogP contribution in [0.15, 0.2) is 29.0 Å². The third kappa shape index (κ3) is 0.991. The Morgan fingerprint density at radius 1 is 1.45 bits per heavy atom. The predicted octanol–water partition coefficient (Wildman–Crippen LogP) is 1.80. The molecule has 2 heterocycles. The van der Waals surface area contributed by atoms with Crippen LogP contribution in [-0.4, -0.2) is 14.5 Å². The Bertz CT molecular complexity index is 396. The molecular weight excluding hydrogens is 208 g/mol. The van der Waals surface area contributed by atoms with Gasteiger partial charge in [0.2, 0.25) is 5.88 Å². The second-order valence-electron chi connectivity index (χ2n) is 2.19. The maximum atomic E-state index is 9.22. The number of rotatable bonds is 0. The van der Waals surface area contributed by atoms with Gasteiger partial charge in [0.1, 0.15) is 5.65 Å². The molecule has 1 N–H and O–H groups in total. The van der Waals surface area contributed by atoms with Crippen LogP contribution in [0.5, 0.6) is 5.88 Å². The molecule has 0 unspecified atom stereocenters. The Balaban J connectivity index is 2.87. The molecule has 0 atom stereocenters. The molecule has 0 radical (unpaired) electrons. The minimum Gasteiger partial charge on any atom is -0.493 e. The van der Waals surface area contributed by atoms with Crippen molar-refractivity contribution in [1.82, 2.24) is 9.38 Å². The second kappa shape index (κ2) is 2.23. The van der Waals surface area contributed by atoms with Gasteiger partial charge in [-0.3, -0.25) is 4.40 Å². The van der Waals surface area contributed by atoms with Crippen LogP contribution in [0.4, 0.5) is 0 Å². The van der Waals surface area contributed by atoms with E-state index in [0.717, 1.165) is 10.1 Å². The third-order valence-corrected chi connectivity index (χ3v) is 1.92. The van der Waals surface area contributed by atoms with Gasteiger partial charge in [-0.15, -0.1) is 0 Å². The van der Waals surface area contributed by atoms with Crippen molar-refractivity contribution >= 4 is 21.6 Å². The number of hydrogen-bond acceptors (Lipinski definition) is 2. The van der Waals surface area contributed by atoms with Crippen molar-refractivity contribution in [1.29, 1.82) is 0 Å². The Morgan fingerprint density at radius 2 is 2.27 bits per heavy atom. The maximum Gasteiger partial charge on any atom is 0.215 e. The fourth-order valence-corrected chi connectivity index (χ4v) is 1.28. The number of imidazole rings is 1. The van der Waals surface area contributed by atoms with E-state index in [2.05, 4.69) is 20.9 Å². The normalized spacial score (nSPS) is 10.6.